The first kappa shape index (κ1) is 12.3. The Kier molecular flexibility index (Phi) is 2.90. The molecule has 1 aliphatic rings. The number of benzene rings is 1. The van der Waals surface area contributed by atoms with Crippen LogP contribution in [0.15, 0.2) is 30.5 Å². The summed E-state index contributed by atoms with van der Waals surface area (Å²) >= 11 is 0. The second-order valence-corrected chi connectivity index (χ2v) is 4.44. The smallest absolute Gasteiger partial charge is 0.259 e. The molecule has 0 unspecified atom stereocenters. The number of pyridine rings is 1. The summed E-state index contributed by atoms with van der Waals surface area (Å²) in [6, 6.07) is 6.85. The van der Waals surface area contributed by atoms with Gasteiger partial charge in [-0.1, -0.05) is 0 Å². The van der Waals surface area contributed by atoms with E-state index in [9.17, 15) is 4.79 Å². The topological polar surface area (TPSA) is 86.5 Å². The van der Waals surface area contributed by atoms with Gasteiger partial charge in [0.05, 0.1) is 5.56 Å². The van der Waals surface area contributed by atoms with Crippen LogP contribution in [-0.2, 0) is 0 Å². The number of ether oxygens (including phenoxy) is 2. The molecule has 0 bridgehead atoms. The summed E-state index contributed by atoms with van der Waals surface area (Å²) in [6.07, 6.45) is 1.47. The van der Waals surface area contributed by atoms with E-state index in [0.717, 1.165) is 5.69 Å². The molecule has 6 nitrogen and oxygen atoms in total. The molecule has 0 saturated heterocycles. The Hall–Kier alpha value is -2.76. The molecule has 3 N–H and O–H groups in total. The number of fused-ring (bicyclic) bond motifs is 1. The maximum absolute atomic E-state index is 12.1. The van der Waals surface area contributed by atoms with Crippen molar-refractivity contribution in [3.8, 4) is 11.5 Å². The molecule has 0 fully saturated rings. The maximum atomic E-state index is 12.1. The van der Waals surface area contributed by atoms with E-state index in [2.05, 4.69) is 10.3 Å². The molecule has 0 saturated carbocycles. The van der Waals surface area contributed by atoms with E-state index < -0.39 is 0 Å². The number of aromatic nitrogens is 1. The summed E-state index contributed by atoms with van der Waals surface area (Å²) in [4.78, 5) is 16.2. The standard InChI is InChI=1S/C14H13N3O3/c1-8-4-11(15)10(6-16-8)14(18)17-9-2-3-12-13(5-9)20-7-19-12/h2-6H,7H2,1H3,(H2,15,16)(H,17,18). The van der Waals surface area contributed by atoms with Crippen LogP contribution in [0.25, 0.3) is 0 Å². The highest BCUT2D eigenvalue weighted by Gasteiger charge is 2.15. The molecule has 1 aromatic heterocycles. The van der Waals surface area contributed by atoms with Gasteiger partial charge in [0, 0.05) is 29.3 Å². The molecular weight excluding hydrogens is 258 g/mol. The van der Waals surface area contributed by atoms with E-state index in [1.54, 1.807) is 24.3 Å². The van der Waals surface area contributed by atoms with E-state index in [1.807, 2.05) is 6.92 Å². The lowest BCUT2D eigenvalue weighted by Gasteiger charge is -2.08. The summed E-state index contributed by atoms with van der Waals surface area (Å²) in [5.74, 6) is 0.964. The summed E-state index contributed by atoms with van der Waals surface area (Å²) in [5.41, 5.74) is 7.94. The zero-order valence-corrected chi connectivity index (χ0v) is 10.8. The van der Waals surface area contributed by atoms with E-state index in [4.69, 9.17) is 15.2 Å². The van der Waals surface area contributed by atoms with Crippen molar-refractivity contribution in [2.45, 2.75) is 6.92 Å². The minimum Gasteiger partial charge on any atom is -0.454 e. The van der Waals surface area contributed by atoms with Crippen molar-refractivity contribution in [1.29, 1.82) is 0 Å². The van der Waals surface area contributed by atoms with Crippen LogP contribution in [0.1, 0.15) is 16.1 Å². The molecule has 6 heteroatoms. The zero-order chi connectivity index (χ0) is 14.1. The number of carbonyl (C=O) groups is 1. The monoisotopic (exact) mass is 271 g/mol. The second-order valence-electron chi connectivity index (χ2n) is 4.44. The van der Waals surface area contributed by atoms with E-state index in [0.29, 0.717) is 28.4 Å². The van der Waals surface area contributed by atoms with Crippen LogP contribution in [0.4, 0.5) is 11.4 Å². The summed E-state index contributed by atoms with van der Waals surface area (Å²) in [6.45, 7) is 2.01. The van der Waals surface area contributed by atoms with E-state index >= 15 is 0 Å². The normalized spacial score (nSPS) is 12.2. The zero-order valence-electron chi connectivity index (χ0n) is 10.8. The van der Waals surface area contributed by atoms with Crippen molar-refractivity contribution in [1.82, 2.24) is 4.98 Å². The van der Waals surface area contributed by atoms with Gasteiger partial charge in [0.2, 0.25) is 6.79 Å². The van der Waals surface area contributed by atoms with Gasteiger partial charge in [0.1, 0.15) is 0 Å². The van der Waals surface area contributed by atoms with Crippen molar-refractivity contribution >= 4 is 17.3 Å². The average molecular weight is 271 g/mol. The Bertz CT molecular complexity index is 685. The van der Waals surface area contributed by atoms with Crippen LogP contribution >= 0.6 is 0 Å². The van der Waals surface area contributed by atoms with Gasteiger partial charge in [-0.15, -0.1) is 0 Å². The van der Waals surface area contributed by atoms with Gasteiger partial charge in [-0.2, -0.15) is 0 Å². The third-order valence-electron chi connectivity index (χ3n) is 2.95. The van der Waals surface area contributed by atoms with Crippen LogP contribution in [-0.4, -0.2) is 17.7 Å². The highest BCUT2D eigenvalue weighted by molar-refractivity contribution is 6.07. The van der Waals surface area contributed by atoms with Gasteiger partial charge in [-0.3, -0.25) is 9.78 Å². The van der Waals surface area contributed by atoms with Crippen LogP contribution in [0, 0.1) is 6.92 Å². The largest absolute Gasteiger partial charge is 0.454 e. The first-order chi connectivity index (χ1) is 9.63. The number of rotatable bonds is 2. The number of nitrogens with zero attached hydrogens (tertiary/aromatic N) is 1. The molecule has 1 aliphatic heterocycles. The molecular formula is C14H13N3O3. The maximum Gasteiger partial charge on any atom is 0.259 e. The van der Waals surface area contributed by atoms with Crippen molar-refractivity contribution in [3.05, 3.63) is 41.7 Å². The lowest BCUT2D eigenvalue weighted by Crippen LogP contribution is -2.14. The number of anilines is 2. The number of carbonyl (C=O) groups excluding carboxylic acids is 1. The summed E-state index contributed by atoms with van der Waals surface area (Å²) in [5, 5.41) is 2.75. The highest BCUT2D eigenvalue weighted by Crippen LogP contribution is 2.34. The third kappa shape index (κ3) is 2.23. The molecule has 20 heavy (non-hydrogen) atoms. The predicted octanol–water partition coefficient (Wildman–Crippen LogP) is 1.95. The van der Waals surface area contributed by atoms with Crippen LogP contribution in [0.3, 0.4) is 0 Å². The lowest BCUT2D eigenvalue weighted by atomic mass is 10.2. The number of nitrogens with two attached hydrogens (primary N) is 1. The third-order valence-corrected chi connectivity index (χ3v) is 2.95. The summed E-state index contributed by atoms with van der Waals surface area (Å²) < 4.78 is 10.5. The Balaban J connectivity index is 1.82. The first-order valence-corrected chi connectivity index (χ1v) is 6.06. The van der Waals surface area contributed by atoms with Crippen LogP contribution < -0.4 is 20.5 Å². The first-order valence-electron chi connectivity index (χ1n) is 6.06. The minimum atomic E-state index is -0.311. The molecule has 2 aromatic rings. The molecule has 1 amide bonds. The van der Waals surface area contributed by atoms with Crippen molar-refractivity contribution < 1.29 is 14.3 Å². The van der Waals surface area contributed by atoms with Crippen molar-refractivity contribution in [3.63, 3.8) is 0 Å². The highest BCUT2D eigenvalue weighted by atomic mass is 16.7. The lowest BCUT2D eigenvalue weighted by molar-refractivity contribution is 0.102. The number of nitrogens with one attached hydrogen (secondary N) is 1. The molecule has 2 heterocycles. The van der Waals surface area contributed by atoms with Crippen LogP contribution in [0.2, 0.25) is 0 Å². The molecule has 0 spiro atoms. The Morgan fingerprint density at radius 3 is 2.90 bits per heavy atom. The Morgan fingerprint density at radius 2 is 2.10 bits per heavy atom. The fourth-order valence-electron chi connectivity index (χ4n) is 1.94. The molecule has 0 radical (unpaired) electrons. The minimum absolute atomic E-state index is 0.196. The fraction of sp³-hybridized carbons (Fsp3) is 0.143. The summed E-state index contributed by atoms with van der Waals surface area (Å²) in [7, 11) is 0. The number of hydrogen-bond donors (Lipinski definition) is 2. The fourth-order valence-corrected chi connectivity index (χ4v) is 1.94. The quantitative estimate of drug-likeness (QED) is 0.871. The van der Waals surface area contributed by atoms with E-state index in [-0.39, 0.29) is 12.7 Å². The van der Waals surface area contributed by atoms with Gasteiger partial charge in [-0.05, 0) is 25.1 Å². The van der Waals surface area contributed by atoms with Crippen molar-refractivity contribution in [2.75, 3.05) is 17.8 Å². The molecule has 102 valence electrons. The molecule has 0 atom stereocenters. The second kappa shape index (κ2) is 4.73. The van der Waals surface area contributed by atoms with Gasteiger partial charge in [0.15, 0.2) is 11.5 Å². The van der Waals surface area contributed by atoms with E-state index in [1.165, 1.54) is 6.20 Å². The van der Waals surface area contributed by atoms with Crippen LogP contribution in [0.5, 0.6) is 11.5 Å². The Morgan fingerprint density at radius 1 is 1.30 bits per heavy atom. The SMILES string of the molecule is Cc1cc(N)c(C(=O)Nc2ccc3c(c2)OCO3)cn1. The van der Waals surface area contributed by atoms with Gasteiger partial charge in [0.25, 0.3) is 5.91 Å². The number of amides is 1. The van der Waals surface area contributed by atoms with Gasteiger partial charge >= 0.3 is 0 Å². The Labute approximate surface area is 115 Å². The molecule has 1 aromatic carbocycles. The molecule has 0 aliphatic carbocycles. The number of aryl methyl sites for hydroxylation is 1. The number of hydrogen-bond acceptors (Lipinski definition) is 5. The number of nitrogen functional groups attached to an aromatic ring is 1. The molecule has 3 rings (SSSR count). The average Bonchev–Trinajstić information content (AvgIpc) is 2.85. The van der Waals surface area contributed by atoms with Crippen molar-refractivity contribution in [2.24, 2.45) is 0 Å². The van der Waals surface area contributed by atoms with Gasteiger partial charge in [-0.25, -0.2) is 0 Å². The van der Waals surface area contributed by atoms with Gasteiger partial charge < -0.3 is 20.5 Å². The predicted molar refractivity (Wildman–Crippen MR) is 73.9 cm³/mol.